The molecule has 0 amide bonds. The number of nitrogens with zero attached hydrogens (tertiary/aromatic N) is 6. The zero-order valence-corrected chi connectivity index (χ0v) is 15.5. The third-order valence-electron chi connectivity index (χ3n) is 4.94. The number of aromatic nitrogens is 4. The van der Waals surface area contributed by atoms with Gasteiger partial charge in [0.2, 0.25) is 0 Å². The Balaban J connectivity index is 1.57. The minimum absolute atomic E-state index is 0.210. The zero-order valence-electron chi connectivity index (χ0n) is 15.5. The van der Waals surface area contributed by atoms with Crippen molar-refractivity contribution in [2.75, 3.05) is 49.5 Å². The van der Waals surface area contributed by atoms with Gasteiger partial charge in [-0.25, -0.2) is 4.98 Å². The molecule has 0 radical (unpaired) electrons. The zero-order chi connectivity index (χ0) is 18.6. The summed E-state index contributed by atoms with van der Waals surface area (Å²) in [7, 11) is 2.03. The van der Waals surface area contributed by atoms with Crippen molar-refractivity contribution in [1.29, 1.82) is 0 Å². The molecular formula is C18H24BN7O. The highest BCUT2D eigenvalue weighted by molar-refractivity contribution is 6.36. The maximum absolute atomic E-state index is 9.13. The first-order chi connectivity index (χ1) is 13.2. The lowest BCUT2D eigenvalue weighted by molar-refractivity contribution is 0.188. The van der Waals surface area contributed by atoms with E-state index < -0.39 is 0 Å². The fourth-order valence-electron chi connectivity index (χ4n) is 3.39. The van der Waals surface area contributed by atoms with E-state index in [9.17, 15) is 0 Å². The van der Waals surface area contributed by atoms with Gasteiger partial charge in [-0.3, -0.25) is 9.88 Å². The summed E-state index contributed by atoms with van der Waals surface area (Å²) in [5.41, 5.74) is 3.05. The smallest absolute Gasteiger partial charge is 0.153 e. The molecule has 0 bridgehead atoms. The molecule has 3 aromatic rings. The average molecular weight is 365 g/mol. The van der Waals surface area contributed by atoms with Crippen LogP contribution in [0.5, 0.6) is 0 Å². The lowest BCUT2D eigenvalue weighted by Crippen LogP contribution is -2.47. The van der Waals surface area contributed by atoms with Crippen molar-refractivity contribution in [1.82, 2.24) is 24.5 Å². The van der Waals surface area contributed by atoms with Gasteiger partial charge in [-0.1, -0.05) is 6.07 Å². The minimum Gasteiger partial charge on any atom is -0.395 e. The first kappa shape index (κ1) is 17.8. The molecule has 0 spiro atoms. The van der Waals surface area contributed by atoms with Gasteiger partial charge in [0.1, 0.15) is 19.5 Å². The standard InChI is InChI=1S/C18H24BN7O/c19-15-13-22-26-16(21-12-14-2-1-3-20-11-14)10-17(23-18(15)26)25-6-4-24(5-7-25)8-9-27/h1-3,10-11,13,21,27H,4-9,12,19H2. The van der Waals surface area contributed by atoms with Gasteiger partial charge in [0.15, 0.2) is 5.65 Å². The summed E-state index contributed by atoms with van der Waals surface area (Å²) in [6, 6.07) is 6.06. The van der Waals surface area contributed by atoms with Gasteiger partial charge in [-0.05, 0) is 17.1 Å². The lowest BCUT2D eigenvalue weighted by atomic mass is 10.0. The minimum atomic E-state index is 0.210. The molecule has 0 saturated carbocycles. The molecule has 140 valence electrons. The fraction of sp³-hybridized carbons (Fsp3) is 0.389. The first-order valence-corrected chi connectivity index (χ1v) is 9.31. The van der Waals surface area contributed by atoms with Gasteiger partial charge in [-0.15, -0.1) is 0 Å². The van der Waals surface area contributed by atoms with E-state index in [0.717, 1.165) is 61.0 Å². The van der Waals surface area contributed by atoms with E-state index in [2.05, 4.69) is 31.3 Å². The van der Waals surface area contributed by atoms with Crippen molar-refractivity contribution in [3.8, 4) is 0 Å². The van der Waals surface area contributed by atoms with Crippen LogP contribution in [0.2, 0.25) is 0 Å². The van der Waals surface area contributed by atoms with Crippen LogP contribution in [0.25, 0.3) is 5.65 Å². The van der Waals surface area contributed by atoms with E-state index in [1.54, 1.807) is 6.20 Å². The van der Waals surface area contributed by atoms with Crippen molar-refractivity contribution in [3.63, 3.8) is 0 Å². The third-order valence-corrected chi connectivity index (χ3v) is 4.94. The number of rotatable bonds is 6. The Morgan fingerprint density at radius 2 is 2.04 bits per heavy atom. The average Bonchev–Trinajstić information content (AvgIpc) is 3.09. The number of anilines is 2. The Morgan fingerprint density at radius 1 is 1.19 bits per heavy atom. The maximum Gasteiger partial charge on any atom is 0.153 e. The second-order valence-electron chi connectivity index (χ2n) is 6.83. The molecule has 3 aromatic heterocycles. The van der Waals surface area contributed by atoms with Crippen LogP contribution >= 0.6 is 0 Å². The van der Waals surface area contributed by atoms with Crippen LogP contribution in [0.3, 0.4) is 0 Å². The number of hydrogen-bond donors (Lipinski definition) is 2. The Kier molecular flexibility index (Phi) is 5.22. The second-order valence-corrected chi connectivity index (χ2v) is 6.83. The van der Waals surface area contributed by atoms with Crippen molar-refractivity contribution >= 4 is 30.6 Å². The van der Waals surface area contributed by atoms with E-state index in [0.29, 0.717) is 6.54 Å². The first-order valence-electron chi connectivity index (χ1n) is 9.31. The summed E-state index contributed by atoms with van der Waals surface area (Å²) in [5, 5.41) is 17.1. The highest BCUT2D eigenvalue weighted by Gasteiger charge is 2.19. The summed E-state index contributed by atoms with van der Waals surface area (Å²) < 4.78 is 1.86. The number of β-amino-alcohol motifs (C(OH)–C–C–N with tert-alkyl or cyclic N) is 1. The van der Waals surface area contributed by atoms with Gasteiger partial charge in [0.25, 0.3) is 0 Å². The summed E-state index contributed by atoms with van der Waals surface area (Å²) >= 11 is 0. The molecule has 9 heteroatoms. The molecule has 1 aliphatic rings. The van der Waals surface area contributed by atoms with Crippen molar-refractivity contribution < 1.29 is 5.11 Å². The monoisotopic (exact) mass is 365 g/mol. The molecule has 4 rings (SSSR count). The molecule has 2 N–H and O–H groups in total. The molecule has 27 heavy (non-hydrogen) atoms. The Morgan fingerprint density at radius 3 is 2.78 bits per heavy atom. The fourth-order valence-corrected chi connectivity index (χ4v) is 3.39. The molecule has 0 atom stereocenters. The van der Waals surface area contributed by atoms with Crippen LogP contribution in [-0.4, -0.2) is 76.8 Å². The summed E-state index contributed by atoms with van der Waals surface area (Å²) in [4.78, 5) is 13.6. The van der Waals surface area contributed by atoms with Crippen molar-refractivity contribution in [2.24, 2.45) is 0 Å². The molecule has 1 fully saturated rings. The van der Waals surface area contributed by atoms with Crippen molar-refractivity contribution in [3.05, 3.63) is 42.4 Å². The Hall–Kier alpha value is -2.65. The van der Waals surface area contributed by atoms with Crippen LogP contribution in [0.4, 0.5) is 11.6 Å². The van der Waals surface area contributed by atoms with Crippen LogP contribution in [0, 0.1) is 0 Å². The van der Waals surface area contributed by atoms with E-state index in [4.69, 9.17) is 10.1 Å². The number of nitrogens with one attached hydrogen (secondary N) is 1. The van der Waals surface area contributed by atoms with Gasteiger partial charge in [0, 0.05) is 63.9 Å². The number of pyridine rings is 1. The van der Waals surface area contributed by atoms with E-state index in [1.165, 1.54) is 0 Å². The molecule has 0 aliphatic carbocycles. The Labute approximate surface area is 159 Å². The molecule has 0 unspecified atom stereocenters. The van der Waals surface area contributed by atoms with E-state index in [1.807, 2.05) is 36.9 Å². The van der Waals surface area contributed by atoms with Gasteiger partial charge in [-0.2, -0.15) is 9.61 Å². The largest absolute Gasteiger partial charge is 0.395 e. The molecular weight excluding hydrogens is 341 g/mol. The maximum atomic E-state index is 9.13. The molecule has 1 aliphatic heterocycles. The highest BCUT2D eigenvalue weighted by Crippen LogP contribution is 2.20. The van der Waals surface area contributed by atoms with Crippen LogP contribution < -0.4 is 15.7 Å². The summed E-state index contributed by atoms with van der Waals surface area (Å²) in [5.74, 6) is 1.88. The summed E-state index contributed by atoms with van der Waals surface area (Å²) in [6.45, 7) is 5.29. The van der Waals surface area contributed by atoms with Crippen LogP contribution in [0.15, 0.2) is 36.8 Å². The highest BCUT2D eigenvalue weighted by atomic mass is 16.3. The van der Waals surface area contributed by atoms with Gasteiger partial charge in [0.05, 0.1) is 6.61 Å². The quantitative estimate of drug-likeness (QED) is 0.549. The molecule has 4 heterocycles. The van der Waals surface area contributed by atoms with Gasteiger partial charge >= 0.3 is 0 Å². The van der Waals surface area contributed by atoms with E-state index in [-0.39, 0.29) is 6.61 Å². The second kappa shape index (κ2) is 7.93. The number of aliphatic hydroxyl groups is 1. The molecule has 8 nitrogen and oxygen atoms in total. The lowest BCUT2D eigenvalue weighted by Gasteiger charge is -2.35. The normalized spacial score (nSPS) is 15.4. The number of hydrogen-bond acceptors (Lipinski definition) is 7. The number of fused-ring (bicyclic) bond motifs is 1. The predicted octanol–water partition coefficient (Wildman–Crippen LogP) is -0.891. The van der Waals surface area contributed by atoms with Crippen LogP contribution in [-0.2, 0) is 6.54 Å². The molecule has 1 saturated heterocycles. The van der Waals surface area contributed by atoms with E-state index >= 15 is 0 Å². The Bertz CT molecular complexity index is 893. The molecule has 0 aromatic carbocycles. The number of piperazine rings is 1. The third kappa shape index (κ3) is 3.89. The van der Waals surface area contributed by atoms with Gasteiger partial charge < -0.3 is 15.3 Å². The van der Waals surface area contributed by atoms with Crippen LogP contribution in [0.1, 0.15) is 5.56 Å². The van der Waals surface area contributed by atoms with Crippen molar-refractivity contribution in [2.45, 2.75) is 6.54 Å². The number of aliphatic hydroxyl groups excluding tert-OH is 1. The topological polar surface area (TPSA) is 81.8 Å². The predicted molar refractivity (Wildman–Crippen MR) is 108 cm³/mol. The summed E-state index contributed by atoms with van der Waals surface area (Å²) in [6.07, 6.45) is 5.49. The SMILES string of the molecule is Bc1cnn2c(NCc3cccnc3)cc(N3CCN(CCO)CC3)nc12.